The molecule has 0 amide bonds. The Balaban J connectivity index is 0.000000178. The van der Waals surface area contributed by atoms with Crippen molar-refractivity contribution in [3.63, 3.8) is 0 Å². The van der Waals surface area contributed by atoms with E-state index in [0.717, 1.165) is 0 Å². The van der Waals surface area contributed by atoms with E-state index >= 15 is 0 Å². The van der Waals surface area contributed by atoms with Gasteiger partial charge >= 0.3 is 0 Å². The molecule has 0 saturated heterocycles. The second-order valence-corrected chi connectivity index (χ2v) is 6.77. The van der Waals surface area contributed by atoms with Crippen LogP contribution in [0.25, 0.3) is 21.5 Å². The molecule has 2 atom stereocenters. The summed E-state index contributed by atoms with van der Waals surface area (Å²) in [6.45, 7) is 2.16. The number of hydrogen-bond acceptors (Lipinski definition) is 3. The summed E-state index contributed by atoms with van der Waals surface area (Å²) in [6, 6.07) is 27.8. The normalized spacial score (nSPS) is 12.8. The van der Waals surface area contributed by atoms with Gasteiger partial charge < -0.3 is 20.7 Å². The monoisotopic (exact) mass is 373 g/mol. The molecule has 4 heteroatoms. The fraction of sp³-hybridized carbons (Fsp3) is 0.125. The summed E-state index contributed by atoms with van der Waals surface area (Å²) < 4.78 is 0. The van der Waals surface area contributed by atoms with Gasteiger partial charge in [0.2, 0.25) is 0 Å². The highest BCUT2D eigenvalue weighted by atomic mass is 16.4. The molecule has 0 radical (unpaired) electrons. The van der Waals surface area contributed by atoms with E-state index < -0.39 is 12.1 Å². The Morgan fingerprint density at radius 1 is 0.857 bits per heavy atom. The minimum atomic E-state index is -1.52. The lowest BCUT2D eigenvalue weighted by molar-refractivity contribution is -0.419. The molecule has 0 aliphatic rings. The van der Waals surface area contributed by atoms with Gasteiger partial charge in [-0.2, -0.15) is 0 Å². The zero-order chi connectivity index (χ0) is 20.1. The number of carboxylic acid groups (broad SMARTS) is 1. The fourth-order valence-electron chi connectivity index (χ4n) is 3.35. The standard InChI is InChI=1S/C16H15N.C8H8O3/c1-11(17)16-14-8-4-2-6-12(14)10-13-7-3-5-9-15(13)16;9-7(8(10)11)6-4-2-1-3-5-6/h2-11H,17H2,1H3;1-5,7,9H,(H,10,11)/t11-;7-/m10/s1. The molecule has 4 nitrogen and oxygen atoms in total. The number of quaternary nitrogens is 1. The molecule has 0 unspecified atom stereocenters. The molecule has 4 aromatic rings. The van der Waals surface area contributed by atoms with E-state index in [0.29, 0.717) is 11.6 Å². The molecule has 4 N–H and O–H groups in total. The molecule has 0 aliphatic heterocycles. The number of carbonyl (C=O) groups excluding carboxylic acids is 1. The molecular formula is C24H23NO3. The van der Waals surface area contributed by atoms with Crippen molar-refractivity contribution in [1.82, 2.24) is 0 Å². The van der Waals surface area contributed by atoms with E-state index in [9.17, 15) is 9.90 Å². The van der Waals surface area contributed by atoms with Gasteiger partial charge in [0, 0.05) is 5.56 Å². The Morgan fingerprint density at radius 2 is 1.32 bits per heavy atom. The SMILES string of the molecule is C[C@@H]([NH3+])c1c2ccccc2cc2ccccc12.O=C([O-])[C@@H](O)c1ccccc1. The van der Waals surface area contributed by atoms with Gasteiger partial charge in [-0.25, -0.2) is 0 Å². The molecular weight excluding hydrogens is 350 g/mol. The number of carbonyl (C=O) groups is 1. The Labute approximate surface area is 163 Å². The third kappa shape index (κ3) is 4.19. The first-order valence-electron chi connectivity index (χ1n) is 9.16. The summed E-state index contributed by atoms with van der Waals surface area (Å²) in [4.78, 5) is 10.1. The lowest BCUT2D eigenvalue weighted by atomic mass is 9.93. The molecule has 28 heavy (non-hydrogen) atoms. The van der Waals surface area contributed by atoms with Crippen LogP contribution in [0.1, 0.15) is 30.2 Å². The maximum atomic E-state index is 10.1. The van der Waals surface area contributed by atoms with Crippen LogP contribution < -0.4 is 10.8 Å². The van der Waals surface area contributed by atoms with Crippen LogP contribution in [0.4, 0.5) is 0 Å². The van der Waals surface area contributed by atoms with E-state index in [2.05, 4.69) is 67.3 Å². The molecule has 0 fully saturated rings. The van der Waals surface area contributed by atoms with Gasteiger partial charge in [0.15, 0.2) is 0 Å². The van der Waals surface area contributed by atoms with E-state index in [1.807, 2.05) is 0 Å². The molecule has 0 heterocycles. The molecule has 0 aliphatic carbocycles. The van der Waals surface area contributed by atoms with Gasteiger partial charge in [-0.05, 0) is 40.1 Å². The number of aliphatic hydroxyl groups excluding tert-OH is 1. The van der Waals surface area contributed by atoms with Crippen molar-refractivity contribution >= 4 is 27.5 Å². The van der Waals surface area contributed by atoms with Crippen LogP contribution >= 0.6 is 0 Å². The van der Waals surface area contributed by atoms with Crippen molar-refractivity contribution in [2.75, 3.05) is 0 Å². The summed E-state index contributed by atoms with van der Waals surface area (Å²) in [5.74, 6) is -1.48. The molecule has 0 aromatic heterocycles. The summed E-state index contributed by atoms with van der Waals surface area (Å²) in [6.07, 6.45) is -1.52. The summed E-state index contributed by atoms with van der Waals surface area (Å²) in [7, 11) is 0. The van der Waals surface area contributed by atoms with Crippen molar-refractivity contribution in [2.45, 2.75) is 19.1 Å². The summed E-state index contributed by atoms with van der Waals surface area (Å²) >= 11 is 0. The van der Waals surface area contributed by atoms with Crippen LogP contribution in [-0.2, 0) is 4.79 Å². The second-order valence-electron chi connectivity index (χ2n) is 6.77. The highest BCUT2D eigenvalue weighted by molar-refractivity contribution is 6.02. The Bertz CT molecular complexity index is 1040. The predicted molar refractivity (Wildman–Crippen MR) is 109 cm³/mol. The quantitative estimate of drug-likeness (QED) is 0.541. The van der Waals surface area contributed by atoms with E-state index in [1.165, 1.54) is 39.2 Å². The van der Waals surface area contributed by atoms with Gasteiger partial charge in [0.1, 0.15) is 12.1 Å². The van der Waals surface area contributed by atoms with Crippen molar-refractivity contribution in [2.24, 2.45) is 0 Å². The van der Waals surface area contributed by atoms with E-state index in [-0.39, 0.29) is 0 Å². The van der Waals surface area contributed by atoms with Gasteiger partial charge in [-0.3, -0.25) is 0 Å². The van der Waals surface area contributed by atoms with Gasteiger partial charge in [0.25, 0.3) is 0 Å². The van der Waals surface area contributed by atoms with Gasteiger partial charge in [0.05, 0.1) is 5.97 Å². The first kappa shape index (κ1) is 19.5. The van der Waals surface area contributed by atoms with Crippen LogP contribution in [-0.4, -0.2) is 11.1 Å². The van der Waals surface area contributed by atoms with Gasteiger partial charge in [-0.1, -0.05) is 78.9 Å². The lowest BCUT2D eigenvalue weighted by Gasteiger charge is -2.12. The summed E-state index contributed by atoms with van der Waals surface area (Å²) in [5, 5.41) is 24.3. The second kappa shape index (κ2) is 8.65. The highest BCUT2D eigenvalue weighted by Crippen LogP contribution is 2.31. The van der Waals surface area contributed by atoms with E-state index in [4.69, 9.17) is 5.11 Å². The van der Waals surface area contributed by atoms with E-state index in [1.54, 1.807) is 18.2 Å². The minimum Gasteiger partial charge on any atom is -0.547 e. The first-order valence-corrected chi connectivity index (χ1v) is 9.16. The molecule has 4 rings (SSSR count). The van der Waals surface area contributed by atoms with Crippen molar-refractivity contribution < 1.29 is 20.7 Å². The third-order valence-corrected chi connectivity index (χ3v) is 4.64. The molecule has 142 valence electrons. The number of rotatable bonds is 3. The largest absolute Gasteiger partial charge is 0.547 e. The van der Waals surface area contributed by atoms with Crippen molar-refractivity contribution in [3.8, 4) is 0 Å². The van der Waals surface area contributed by atoms with Crippen molar-refractivity contribution in [1.29, 1.82) is 0 Å². The van der Waals surface area contributed by atoms with Crippen LogP contribution in [0.2, 0.25) is 0 Å². The molecule has 0 bridgehead atoms. The summed E-state index contributed by atoms with van der Waals surface area (Å²) in [5.41, 5.74) is 5.91. The number of aliphatic carboxylic acids is 1. The smallest absolute Gasteiger partial charge is 0.118 e. The minimum absolute atomic E-state index is 0.297. The van der Waals surface area contributed by atoms with Crippen molar-refractivity contribution in [3.05, 3.63) is 96.1 Å². The maximum Gasteiger partial charge on any atom is 0.118 e. The topological polar surface area (TPSA) is 88.0 Å². The highest BCUT2D eigenvalue weighted by Gasteiger charge is 2.12. The first-order chi connectivity index (χ1) is 13.5. The average molecular weight is 373 g/mol. The average Bonchev–Trinajstić information content (AvgIpc) is 2.72. The van der Waals surface area contributed by atoms with Gasteiger partial charge in [-0.15, -0.1) is 0 Å². The zero-order valence-electron chi connectivity index (χ0n) is 15.7. The van der Waals surface area contributed by atoms with Crippen LogP contribution in [0.5, 0.6) is 0 Å². The molecule has 0 saturated carbocycles. The Morgan fingerprint density at radius 3 is 1.79 bits per heavy atom. The third-order valence-electron chi connectivity index (χ3n) is 4.64. The number of fused-ring (bicyclic) bond motifs is 2. The fourth-order valence-corrected chi connectivity index (χ4v) is 3.35. The number of aliphatic hydroxyl groups is 1. The number of carboxylic acids is 1. The zero-order valence-corrected chi connectivity index (χ0v) is 15.7. The lowest BCUT2D eigenvalue weighted by Crippen LogP contribution is -2.51. The Hall–Kier alpha value is -3.21. The van der Waals surface area contributed by atoms with Crippen LogP contribution in [0, 0.1) is 0 Å². The number of benzene rings is 4. The maximum absolute atomic E-state index is 10.1. The molecule has 0 spiro atoms. The predicted octanol–water partition coefficient (Wildman–Crippen LogP) is 2.77. The molecule has 4 aromatic carbocycles. The Kier molecular flexibility index (Phi) is 6.04. The number of hydrogen-bond donors (Lipinski definition) is 2. The van der Waals surface area contributed by atoms with Crippen LogP contribution in [0.15, 0.2) is 84.9 Å². The van der Waals surface area contributed by atoms with Crippen LogP contribution in [0.3, 0.4) is 0 Å².